The number of rotatable bonds is 9. The fourth-order valence-electron chi connectivity index (χ4n) is 2.26. The van der Waals surface area contributed by atoms with E-state index in [4.69, 9.17) is 10.5 Å². The maximum Gasteiger partial charge on any atom is 0.0770 e. The third-order valence-electron chi connectivity index (χ3n) is 3.16. The van der Waals surface area contributed by atoms with Crippen molar-refractivity contribution in [3.8, 4) is 0 Å². The fraction of sp³-hybridized carbons (Fsp3) is 0.667. The Bertz CT molecular complexity index is 351. The second-order valence-electron chi connectivity index (χ2n) is 4.72. The molecule has 0 aliphatic heterocycles. The number of nitrogens with one attached hydrogen (secondary N) is 1. The van der Waals surface area contributed by atoms with Gasteiger partial charge in [-0.1, -0.05) is 20.3 Å². The van der Waals surface area contributed by atoms with Gasteiger partial charge < -0.3 is 15.8 Å². The summed E-state index contributed by atoms with van der Waals surface area (Å²) in [6, 6.07) is 1.97. The molecule has 0 aliphatic carbocycles. The Balaban J connectivity index is 2.94. The van der Waals surface area contributed by atoms with E-state index in [0.29, 0.717) is 0 Å². The molecule has 1 aromatic rings. The first-order chi connectivity index (χ1) is 9.24. The van der Waals surface area contributed by atoms with Crippen LogP contribution in [0.3, 0.4) is 0 Å². The molecule has 0 fully saturated rings. The van der Waals surface area contributed by atoms with E-state index in [2.05, 4.69) is 24.1 Å². The van der Waals surface area contributed by atoms with Gasteiger partial charge in [0.2, 0.25) is 0 Å². The quantitative estimate of drug-likeness (QED) is 0.720. The summed E-state index contributed by atoms with van der Waals surface area (Å²) in [4.78, 5) is 4.20. The zero-order valence-electron chi connectivity index (χ0n) is 12.4. The summed E-state index contributed by atoms with van der Waals surface area (Å²) in [6.07, 6.45) is 6.92. The van der Waals surface area contributed by atoms with Crippen LogP contribution in [0.5, 0.6) is 0 Å². The minimum atomic E-state index is 0.119. The molecule has 0 saturated carbocycles. The van der Waals surface area contributed by atoms with Crippen LogP contribution in [0.1, 0.15) is 51.6 Å². The topological polar surface area (TPSA) is 60.2 Å². The van der Waals surface area contributed by atoms with Gasteiger partial charge in [0, 0.05) is 30.3 Å². The highest BCUT2D eigenvalue weighted by molar-refractivity contribution is 5.46. The van der Waals surface area contributed by atoms with E-state index in [-0.39, 0.29) is 12.1 Å². The van der Waals surface area contributed by atoms with E-state index < -0.39 is 0 Å². The summed E-state index contributed by atoms with van der Waals surface area (Å²) < 4.78 is 5.91. The fourth-order valence-corrected chi connectivity index (χ4v) is 2.26. The van der Waals surface area contributed by atoms with Crippen LogP contribution in [-0.2, 0) is 4.74 Å². The highest BCUT2D eigenvalue weighted by Crippen LogP contribution is 2.26. The van der Waals surface area contributed by atoms with E-state index in [0.717, 1.165) is 43.7 Å². The first kappa shape index (κ1) is 15.9. The minimum absolute atomic E-state index is 0.119. The van der Waals surface area contributed by atoms with Crippen molar-refractivity contribution in [2.45, 2.75) is 52.2 Å². The van der Waals surface area contributed by atoms with Crippen molar-refractivity contribution in [3.63, 3.8) is 0 Å². The van der Waals surface area contributed by atoms with E-state index >= 15 is 0 Å². The van der Waals surface area contributed by atoms with Crippen LogP contribution in [0.15, 0.2) is 18.5 Å². The van der Waals surface area contributed by atoms with Crippen LogP contribution in [0.2, 0.25) is 0 Å². The van der Waals surface area contributed by atoms with Gasteiger partial charge in [0.15, 0.2) is 0 Å². The number of nitrogen functional groups attached to an aromatic ring is 1. The van der Waals surface area contributed by atoms with Crippen molar-refractivity contribution in [1.82, 2.24) is 10.3 Å². The molecule has 0 radical (unpaired) electrons. The van der Waals surface area contributed by atoms with Crippen molar-refractivity contribution in [1.29, 1.82) is 0 Å². The van der Waals surface area contributed by atoms with Crippen molar-refractivity contribution in [3.05, 3.63) is 24.0 Å². The van der Waals surface area contributed by atoms with Gasteiger partial charge in [0.05, 0.1) is 12.1 Å². The third kappa shape index (κ3) is 4.80. The van der Waals surface area contributed by atoms with Crippen molar-refractivity contribution in [2.75, 3.05) is 18.9 Å². The summed E-state index contributed by atoms with van der Waals surface area (Å²) in [7, 11) is 0. The van der Waals surface area contributed by atoms with Crippen LogP contribution in [-0.4, -0.2) is 24.2 Å². The maximum absolute atomic E-state index is 6.09. The smallest absolute Gasteiger partial charge is 0.0770 e. The molecule has 0 aliphatic rings. The van der Waals surface area contributed by atoms with Crippen LogP contribution < -0.4 is 11.1 Å². The van der Waals surface area contributed by atoms with E-state index in [1.807, 2.05) is 19.2 Å². The highest BCUT2D eigenvalue weighted by Gasteiger charge is 2.24. The van der Waals surface area contributed by atoms with E-state index in [1.165, 1.54) is 0 Å². The molecule has 1 heterocycles. The molecule has 3 N–H and O–H groups in total. The van der Waals surface area contributed by atoms with Crippen molar-refractivity contribution in [2.24, 2.45) is 0 Å². The van der Waals surface area contributed by atoms with Crippen LogP contribution >= 0.6 is 0 Å². The molecule has 1 aromatic heterocycles. The third-order valence-corrected chi connectivity index (χ3v) is 3.16. The van der Waals surface area contributed by atoms with E-state index in [9.17, 15) is 0 Å². The number of nitrogens with two attached hydrogens (primary N) is 1. The van der Waals surface area contributed by atoms with E-state index in [1.54, 1.807) is 6.20 Å². The van der Waals surface area contributed by atoms with Crippen LogP contribution in [0, 0.1) is 0 Å². The normalized spacial score (nSPS) is 14.3. The van der Waals surface area contributed by atoms with Gasteiger partial charge in [0.1, 0.15) is 0 Å². The Labute approximate surface area is 116 Å². The van der Waals surface area contributed by atoms with Gasteiger partial charge in [-0.15, -0.1) is 0 Å². The predicted octanol–water partition coefficient (Wildman–Crippen LogP) is 2.91. The number of hydrogen-bond donors (Lipinski definition) is 2. The Morgan fingerprint density at radius 1 is 1.32 bits per heavy atom. The number of pyridine rings is 1. The first-order valence-corrected chi connectivity index (χ1v) is 7.28. The molecule has 19 heavy (non-hydrogen) atoms. The molecule has 0 aromatic carbocycles. The van der Waals surface area contributed by atoms with Gasteiger partial charge in [0.25, 0.3) is 0 Å². The molecule has 108 valence electrons. The molecule has 0 bridgehead atoms. The number of ether oxygens (including phenoxy) is 1. The molecule has 4 heteroatoms. The zero-order chi connectivity index (χ0) is 14.1. The van der Waals surface area contributed by atoms with Gasteiger partial charge >= 0.3 is 0 Å². The van der Waals surface area contributed by atoms with Crippen molar-refractivity contribution < 1.29 is 4.74 Å². The molecule has 0 saturated heterocycles. The Kier molecular flexibility index (Phi) is 7.45. The standard InChI is InChI=1S/C15H27N3O/c1-4-7-14(19-6-3)15(18-9-5-2)12-11-17-10-8-13(12)16/h8,10-11,14-15,18H,4-7,9H2,1-3H3,(H2,16,17). The van der Waals surface area contributed by atoms with Gasteiger partial charge in [-0.25, -0.2) is 0 Å². The summed E-state index contributed by atoms with van der Waals surface area (Å²) in [5.74, 6) is 0. The Morgan fingerprint density at radius 2 is 2.11 bits per heavy atom. The van der Waals surface area contributed by atoms with Crippen LogP contribution in [0.25, 0.3) is 0 Å². The minimum Gasteiger partial charge on any atom is -0.398 e. The summed E-state index contributed by atoms with van der Waals surface area (Å²) >= 11 is 0. The van der Waals surface area contributed by atoms with Gasteiger partial charge in [-0.05, 0) is 32.4 Å². The number of nitrogens with zero attached hydrogens (tertiary/aromatic N) is 1. The molecular weight excluding hydrogens is 238 g/mol. The number of anilines is 1. The molecule has 2 atom stereocenters. The molecule has 1 rings (SSSR count). The molecular formula is C15H27N3O. The lowest BCUT2D eigenvalue weighted by atomic mass is 9.98. The van der Waals surface area contributed by atoms with Crippen LogP contribution in [0.4, 0.5) is 5.69 Å². The Morgan fingerprint density at radius 3 is 2.68 bits per heavy atom. The molecule has 2 unspecified atom stereocenters. The second kappa shape index (κ2) is 8.88. The summed E-state index contributed by atoms with van der Waals surface area (Å²) in [5.41, 5.74) is 7.91. The molecule has 4 nitrogen and oxygen atoms in total. The predicted molar refractivity (Wildman–Crippen MR) is 80.0 cm³/mol. The second-order valence-corrected chi connectivity index (χ2v) is 4.72. The van der Waals surface area contributed by atoms with Gasteiger partial charge in [-0.3, -0.25) is 4.98 Å². The number of aromatic nitrogens is 1. The van der Waals surface area contributed by atoms with Crippen molar-refractivity contribution >= 4 is 5.69 Å². The summed E-state index contributed by atoms with van der Waals surface area (Å²) in [6.45, 7) is 8.04. The Hall–Kier alpha value is -1.13. The SMILES string of the molecule is CCCNC(c1cnccc1N)C(CCC)OCC. The lowest BCUT2D eigenvalue weighted by Crippen LogP contribution is -2.35. The largest absolute Gasteiger partial charge is 0.398 e. The van der Waals surface area contributed by atoms with Gasteiger partial charge in [-0.2, -0.15) is 0 Å². The first-order valence-electron chi connectivity index (χ1n) is 7.28. The molecule has 0 spiro atoms. The summed E-state index contributed by atoms with van der Waals surface area (Å²) in [5, 5.41) is 3.55. The maximum atomic E-state index is 6.09. The average molecular weight is 265 g/mol. The average Bonchev–Trinajstić information content (AvgIpc) is 2.41. The number of hydrogen-bond acceptors (Lipinski definition) is 4. The monoisotopic (exact) mass is 265 g/mol. The zero-order valence-corrected chi connectivity index (χ0v) is 12.4. The lowest BCUT2D eigenvalue weighted by Gasteiger charge is -2.29. The highest BCUT2D eigenvalue weighted by atomic mass is 16.5. The lowest BCUT2D eigenvalue weighted by molar-refractivity contribution is 0.0277. The molecule has 0 amide bonds.